The van der Waals surface area contributed by atoms with Gasteiger partial charge in [0.2, 0.25) is 5.91 Å². The summed E-state index contributed by atoms with van der Waals surface area (Å²) in [5.41, 5.74) is 0.399. The van der Waals surface area contributed by atoms with E-state index in [1.54, 1.807) is 7.11 Å². The minimum Gasteiger partial charge on any atom is -0.384 e. The molecule has 0 N–H and O–H groups in total. The number of methoxy groups -OCH3 is 1. The maximum absolute atomic E-state index is 12.1. The number of hydrogen-bond acceptors (Lipinski definition) is 5. The molecule has 1 rings (SSSR count). The molecular weight excluding hydrogens is 268 g/mol. The first-order chi connectivity index (χ1) is 10.1. The molecular formula is C15H22N4O2. The molecule has 1 amide bonds. The Balaban J connectivity index is 2.78. The Morgan fingerprint density at radius 2 is 2.29 bits per heavy atom. The van der Waals surface area contributed by atoms with Crippen LogP contribution in [0, 0.1) is 11.3 Å². The highest BCUT2D eigenvalue weighted by atomic mass is 16.5. The molecule has 0 aromatic heterocycles. The van der Waals surface area contributed by atoms with Crippen LogP contribution in [-0.2, 0) is 9.53 Å². The number of nitrogens with zero attached hydrogens (tertiary/aromatic N) is 4. The molecule has 1 aliphatic rings. The third kappa shape index (κ3) is 4.17. The van der Waals surface area contributed by atoms with Gasteiger partial charge < -0.3 is 14.5 Å². The van der Waals surface area contributed by atoms with Crippen LogP contribution in [0.1, 0.15) is 13.3 Å². The van der Waals surface area contributed by atoms with Gasteiger partial charge in [0.25, 0.3) is 0 Å². The van der Waals surface area contributed by atoms with Gasteiger partial charge in [0, 0.05) is 32.8 Å². The Morgan fingerprint density at radius 3 is 2.76 bits per heavy atom. The minimum absolute atomic E-state index is 0.0459. The Kier molecular flexibility index (Phi) is 6.63. The van der Waals surface area contributed by atoms with Crippen LogP contribution in [0.4, 0.5) is 0 Å². The fraction of sp³-hybridized carbons (Fsp3) is 0.533. The van der Waals surface area contributed by atoms with E-state index < -0.39 is 0 Å². The zero-order valence-electron chi connectivity index (χ0n) is 12.7. The van der Waals surface area contributed by atoms with Crippen molar-refractivity contribution in [3.63, 3.8) is 0 Å². The van der Waals surface area contributed by atoms with Gasteiger partial charge in [-0.05, 0) is 19.7 Å². The summed E-state index contributed by atoms with van der Waals surface area (Å²) < 4.78 is 4.94. The number of rotatable bonds is 6. The third-order valence-electron chi connectivity index (χ3n) is 3.48. The topological polar surface area (TPSA) is 68.9 Å². The summed E-state index contributed by atoms with van der Waals surface area (Å²) in [5, 5.41) is 9.09. The Hall–Kier alpha value is -2.13. The monoisotopic (exact) mass is 290 g/mol. The molecule has 6 nitrogen and oxygen atoms in total. The Bertz CT molecular complexity index is 479. The molecule has 0 aromatic rings. The van der Waals surface area contributed by atoms with Crippen LogP contribution in [0.2, 0.25) is 0 Å². The van der Waals surface area contributed by atoms with Gasteiger partial charge in [-0.2, -0.15) is 5.26 Å². The van der Waals surface area contributed by atoms with Gasteiger partial charge in [0.05, 0.1) is 18.6 Å². The summed E-state index contributed by atoms with van der Waals surface area (Å²) in [6.07, 6.45) is 1.87. The SMILES string of the molecule is C=C/C(C#N)=C(\N=C)N1CCN(C(=O)CCOC)[C@H](C)C1. The molecule has 1 fully saturated rings. The predicted octanol–water partition coefficient (Wildman–Crippen LogP) is 1.18. The van der Waals surface area contributed by atoms with Gasteiger partial charge in [-0.1, -0.05) is 6.58 Å². The highest BCUT2D eigenvalue weighted by Gasteiger charge is 2.28. The second kappa shape index (κ2) is 8.22. The van der Waals surface area contributed by atoms with Crippen molar-refractivity contribution in [3.8, 4) is 6.07 Å². The molecule has 21 heavy (non-hydrogen) atoms. The third-order valence-corrected chi connectivity index (χ3v) is 3.48. The van der Waals surface area contributed by atoms with Crippen molar-refractivity contribution < 1.29 is 9.53 Å². The molecule has 6 heteroatoms. The van der Waals surface area contributed by atoms with Gasteiger partial charge in [-0.25, -0.2) is 4.99 Å². The van der Waals surface area contributed by atoms with E-state index in [0.29, 0.717) is 44.1 Å². The van der Waals surface area contributed by atoms with Crippen molar-refractivity contribution in [2.75, 3.05) is 33.4 Å². The van der Waals surface area contributed by atoms with Crippen molar-refractivity contribution >= 4 is 12.6 Å². The van der Waals surface area contributed by atoms with E-state index in [1.807, 2.05) is 16.7 Å². The lowest BCUT2D eigenvalue weighted by Gasteiger charge is -2.41. The van der Waals surface area contributed by atoms with Gasteiger partial charge in [0.15, 0.2) is 0 Å². The molecule has 1 heterocycles. The van der Waals surface area contributed by atoms with E-state index in [1.165, 1.54) is 6.08 Å². The summed E-state index contributed by atoms with van der Waals surface area (Å²) in [5.74, 6) is 0.619. The number of aliphatic imine (C=N–C) groups is 1. The second-order valence-electron chi connectivity index (χ2n) is 4.84. The number of carbonyl (C=O) groups excluding carboxylic acids is 1. The molecule has 0 aromatic carbocycles. The number of carbonyl (C=O) groups is 1. The van der Waals surface area contributed by atoms with Crippen LogP contribution >= 0.6 is 0 Å². The molecule has 0 bridgehead atoms. The van der Waals surface area contributed by atoms with Crippen molar-refractivity contribution in [1.82, 2.24) is 9.80 Å². The Labute approximate surface area is 126 Å². The number of allylic oxidation sites excluding steroid dienone is 2. The first kappa shape index (κ1) is 16.9. The number of piperazine rings is 1. The lowest BCUT2D eigenvalue weighted by atomic mass is 10.1. The van der Waals surface area contributed by atoms with E-state index in [9.17, 15) is 4.79 Å². The zero-order chi connectivity index (χ0) is 15.8. The summed E-state index contributed by atoms with van der Waals surface area (Å²) in [6, 6.07) is 2.11. The molecule has 0 radical (unpaired) electrons. The number of amides is 1. The van der Waals surface area contributed by atoms with Crippen LogP contribution in [0.3, 0.4) is 0 Å². The number of nitriles is 1. The fourth-order valence-corrected chi connectivity index (χ4v) is 2.40. The molecule has 114 valence electrons. The quantitative estimate of drug-likeness (QED) is 0.418. The average molecular weight is 290 g/mol. The molecule has 0 unspecified atom stereocenters. The van der Waals surface area contributed by atoms with E-state index in [2.05, 4.69) is 24.4 Å². The smallest absolute Gasteiger partial charge is 0.225 e. The molecule has 0 saturated carbocycles. The van der Waals surface area contributed by atoms with Gasteiger partial charge >= 0.3 is 0 Å². The minimum atomic E-state index is 0.0459. The summed E-state index contributed by atoms with van der Waals surface area (Å²) >= 11 is 0. The zero-order valence-corrected chi connectivity index (χ0v) is 12.7. The van der Waals surface area contributed by atoms with Crippen molar-refractivity contribution in [2.45, 2.75) is 19.4 Å². The van der Waals surface area contributed by atoms with E-state index in [-0.39, 0.29) is 11.9 Å². The highest BCUT2D eigenvalue weighted by molar-refractivity contribution is 5.76. The van der Waals surface area contributed by atoms with Crippen LogP contribution < -0.4 is 0 Å². The summed E-state index contributed by atoms with van der Waals surface area (Å²) in [4.78, 5) is 19.8. The van der Waals surface area contributed by atoms with E-state index in [0.717, 1.165) is 0 Å². The van der Waals surface area contributed by atoms with Crippen LogP contribution in [0.5, 0.6) is 0 Å². The van der Waals surface area contributed by atoms with Crippen molar-refractivity contribution in [1.29, 1.82) is 5.26 Å². The van der Waals surface area contributed by atoms with Gasteiger partial charge in [-0.15, -0.1) is 0 Å². The van der Waals surface area contributed by atoms with Crippen LogP contribution in [0.25, 0.3) is 0 Å². The average Bonchev–Trinajstić information content (AvgIpc) is 2.49. The van der Waals surface area contributed by atoms with Gasteiger partial charge in [-0.3, -0.25) is 4.79 Å². The lowest BCUT2D eigenvalue weighted by Crippen LogP contribution is -2.53. The molecule has 0 aliphatic carbocycles. The van der Waals surface area contributed by atoms with E-state index in [4.69, 9.17) is 10.00 Å². The number of hydrogen-bond donors (Lipinski definition) is 0. The van der Waals surface area contributed by atoms with Gasteiger partial charge in [0.1, 0.15) is 11.9 Å². The second-order valence-corrected chi connectivity index (χ2v) is 4.84. The maximum Gasteiger partial charge on any atom is 0.225 e. The standard InChI is InChI=1S/C15H22N4O2/c1-5-13(10-16)15(17-3)18-7-8-19(12(2)11-18)14(20)6-9-21-4/h5,12H,1,3,6-9,11H2,2,4H3/b15-13-/t12-/m1/s1. The molecule has 0 spiro atoms. The summed E-state index contributed by atoms with van der Waals surface area (Å²) in [6.45, 7) is 11.4. The van der Waals surface area contributed by atoms with E-state index >= 15 is 0 Å². The highest BCUT2D eigenvalue weighted by Crippen LogP contribution is 2.19. The molecule has 1 aliphatic heterocycles. The first-order valence-electron chi connectivity index (χ1n) is 6.85. The lowest BCUT2D eigenvalue weighted by molar-refractivity contribution is -0.136. The first-order valence-corrected chi connectivity index (χ1v) is 6.85. The maximum atomic E-state index is 12.1. The number of ether oxygens (including phenoxy) is 1. The largest absolute Gasteiger partial charge is 0.384 e. The molecule has 1 saturated heterocycles. The van der Waals surface area contributed by atoms with Crippen molar-refractivity contribution in [3.05, 3.63) is 24.0 Å². The predicted molar refractivity (Wildman–Crippen MR) is 81.6 cm³/mol. The van der Waals surface area contributed by atoms with Crippen LogP contribution in [0.15, 0.2) is 29.0 Å². The van der Waals surface area contributed by atoms with Crippen LogP contribution in [-0.4, -0.2) is 61.8 Å². The summed E-state index contributed by atoms with van der Waals surface area (Å²) in [7, 11) is 1.58. The normalized spacial score (nSPS) is 19.6. The molecule has 1 atom stereocenters. The fourth-order valence-electron chi connectivity index (χ4n) is 2.40. The van der Waals surface area contributed by atoms with Crippen molar-refractivity contribution in [2.24, 2.45) is 4.99 Å². The Morgan fingerprint density at radius 1 is 1.57 bits per heavy atom.